The summed E-state index contributed by atoms with van der Waals surface area (Å²) in [5.74, 6) is -0.441. The van der Waals surface area contributed by atoms with Crippen molar-refractivity contribution in [3.05, 3.63) is 75.8 Å². The molecular weight excluding hydrogens is 522 g/mol. The number of amides is 1. The van der Waals surface area contributed by atoms with Crippen molar-refractivity contribution >= 4 is 61.9 Å². The zero-order chi connectivity index (χ0) is 26.8. The van der Waals surface area contributed by atoms with Gasteiger partial charge >= 0.3 is 0 Å². The van der Waals surface area contributed by atoms with Crippen molar-refractivity contribution in [3.8, 4) is 16.3 Å². The van der Waals surface area contributed by atoms with Crippen LogP contribution < -0.4 is 15.5 Å². The summed E-state index contributed by atoms with van der Waals surface area (Å²) in [6.45, 7) is 3.28. The Bertz CT molecular complexity index is 1530. The number of nitro benzene ring substituents is 1. The number of hydrogen-bond donors (Lipinski definition) is 3. The molecule has 0 spiro atoms. The lowest BCUT2D eigenvalue weighted by atomic mass is 10.1. The van der Waals surface area contributed by atoms with E-state index in [9.17, 15) is 20.0 Å². The first-order valence-corrected chi connectivity index (χ1v) is 13.4. The summed E-state index contributed by atoms with van der Waals surface area (Å²) in [5.41, 5.74) is 3.12. The number of carbonyl (C=O) groups is 1. The molecule has 1 amide bonds. The highest BCUT2D eigenvalue weighted by molar-refractivity contribution is 7.80. The standard InChI is InChI=1S/C27H25N5O4S2/c1-16-13-18(15-19(24(16)33)26-29-20-7-3-4-8-23(20)38-26)28-27(37)30-25(34)17-9-10-21(22(14-17)32(35)36)31-11-5-2-6-12-31/h3-4,7-10,13-15,33H,2,5-6,11-12H2,1H3,(H2,28,30,34,37). The number of nitrogens with one attached hydrogen (secondary N) is 2. The van der Waals surface area contributed by atoms with E-state index in [1.54, 1.807) is 31.2 Å². The fourth-order valence-electron chi connectivity index (χ4n) is 4.55. The van der Waals surface area contributed by atoms with E-state index in [-0.39, 0.29) is 22.1 Å². The number of piperidine rings is 1. The average Bonchev–Trinajstić information content (AvgIpc) is 3.35. The van der Waals surface area contributed by atoms with Gasteiger partial charge < -0.3 is 15.3 Å². The number of phenolic OH excluding ortho intramolecular Hbond substituents is 1. The van der Waals surface area contributed by atoms with Gasteiger partial charge in [0.05, 0.1) is 20.7 Å². The molecule has 0 atom stereocenters. The molecule has 11 heteroatoms. The van der Waals surface area contributed by atoms with Crippen LogP contribution in [0.2, 0.25) is 0 Å². The first-order chi connectivity index (χ1) is 18.3. The Morgan fingerprint density at radius 1 is 1.13 bits per heavy atom. The lowest BCUT2D eigenvalue weighted by Crippen LogP contribution is -2.34. The zero-order valence-corrected chi connectivity index (χ0v) is 22.2. The summed E-state index contributed by atoms with van der Waals surface area (Å²) in [6, 6.07) is 15.6. The van der Waals surface area contributed by atoms with Crippen molar-refractivity contribution in [1.82, 2.24) is 10.3 Å². The van der Waals surface area contributed by atoms with Crippen LogP contribution in [0, 0.1) is 17.0 Å². The quantitative estimate of drug-likeness (QED) is 0.120. The number of aromatic hydroxyl groups is 1. The second-order valence-electron chi connectivity index (χ2n) is 9.09. The highest BCUT2D eigenvalue weighted by Gasteiger charge is 2.23. The Labute approximate surface area is 228 Å². The molecule has 0 unspecified atom stereocenters. The molecule has 38 heavy (non-hydrogen) atoms. The van der Waals surface area contributed by atoms with Gasteiger partial charge in [-0.25, -0.2) is 4.98 Å². The normalized spacial score (nSPS) is 13.3. The van der Waals surface area contributed by atoms with Crippen molar-refractivity contribution < 1.29 is 14.8 Å². The highest BCUT2D eigenvalue weighted by Crippen LogP contribution is 2.39. The minimum absolute atomic E-state index is 0.0260. The summed E-state index contributed by atoms with van der Waals surface area (Å²) in [5, 5.41) is 28.7. The van der Waals surface area contributed by atoms with E-state index >= 15 is 0 Å². The number of para-hydroxylation sites is 1. The molecule has 1 aliphatic rings. The van der Waals surface area contributed by atoms with Crippen LogP contribution in [0.1, 0.15) is 35.2 Å². The third-order valence-electron chi connectivity index (χ3n) is 6.44. The van der Waals surface area contributed by atoms with E-state index in [2.05, 4.69) is 15.6 Å². The molecule has 2 heterocycles. The van der Waals surface area contributed by atoms with E-state index in [4.69, 9.17) is 12.2 Å². The Morgan fingerprint density at radius 2 is 1.89 bits per heavy atom. The van der Waals surface area contributed by atoms with Crippen LogP contribution in [0.5, 0.6) is 5.75 Å². The number of aromatic nitrogens is 1. The Balaban J connectivity index is 1.33. The number of thiocarbonyl (C=S) groups is 1. The minimum Gasteiger partial charge on any atom is -0.507 e. The molecule has 0 aliphatic carbocycles. The maximum atomic E-state index is 12.9. The third kappa shape index (κ3) is 5.29. The smallest absolute Gasteiger partial charge is 0.293 e. The second kappa shape index (κ2) is 10.7. The summed E-state index contributed by atoms with van der Waals surface area (Å²) < 4.78 is 1.00. The van der Waals surface area contributed by atoms with E-state index in [1.807, 2.05) is 29.2 Å². The number of benzene rings is 3. The monoisotopic (exact) mass is 547 g/mol. The fourth-order valence-corrected chi connectivity index (χ4v) is 5.75. The number of nitro groups is 1. The largest absolute Gasteiger partial charge is 0.507 e. The fraction of sp³-hybridized carbons (Fsp3) is 0.222. The van der Waals surface area contributed by atoms with Crippen molar-refractivity contribution in [3.63, 3.8) is 0 Å². The molecule has 0 bridgehead atoms. The van der Waals surface area contributed by atoms with Crippen LogP contribution in [-0.4, -0.2) is 39.1 Å². The first kappa shape index (κ1) is 25.6. The lowest BCUT2D eigenvalue weighted by Gasteiger charge is -2.28. The van der Waals surface area contributed by atoms with Crippen LogP contribution >= 0.6 is 23.6 Å². The molecule has 1 fully saturated rings. The number of carbonyl (C=O) groups excluding carboxylic acids is 1. The van der Waals surface area contributed by atoms with Gasteiger partial charge in [-0.05, 0) is 80.4 Å². The van der Waals surface area contributed by atoms with Crippen molar-refractivity contribution in [2.75, 3.05) is 23.3 Å². The molecule has 3 N–H and O–H groups in total. The van der Waals surface area contributed by atoms with Gasteiger partial charge in [-0.3, -0.25) is 20.2 Å². The van der Waals surface area contributed by atoms with Gasteiger partial charge in [0.2, 0.25) is 0 Å². The molecule has 1 aromatic heterocycles. The summed E-state index contributed by atoms with van der Waals surface area (Å²) in [6.07, 6.45) is 3.07. The summed E-state index contributed by atoms with van der Waals surface area (Å²) >= 11 is 6.82. The first-order valence-electron chi connectivity index (χ1n) is 12.2. The van der Waals surface area contributed by atoms with Gasteiger partial charge in [-0.15, -0.1) is 11.3 Å². The molecule has 194 valence electrons. The van der Waals surface area contributed by atoms with Crippen molar-refractivity contribution in [1.29, 1.82) is 0 Å². The number of phenols is 1. The Hall–Kier alpha value is -4.09. The number of anilines is 2. The topological polar surface area (TPSA) is 121 Å². The highest BCUT2D eigenvalue weighted by atomic mass is 32.1. The number of nitrogens with zero attached hydrogens (tertiary/aromatic N) is 3. The van der Waals surface area contributed by atoms with Gasteiger partial charge in [0, 0.05) is 30.4 Å². The van der Waals surface area contributed by atoms with Gasteiger partial charge in [0.15, 0.2) is 5.11 Å². The predicted molar refractivity (Wildman–Crippen MR) is 154 cm³/mol. The van der Waals surface area contributed by atoms with Gasteiger partial charge in [-0.2, -0.15) is 0 Å². The van der Waals surface area contributed by atoms with E-state index in [0.29, 0.717) is 27.5 Å². The van der Waals surface area contributed by atoms with Crippen LogP contribution in [0.3, 0.4) is 0 Å². The average molecular weight is 548 g/mol. The maximum absolute atomic E-state index is 12.9. The van der Waals surface area contributed by atoms with Gasteiger partial charge in [0.25, 0.3) is 11.6 Å². The molecule has 3 aromatic carbocycles. The van der Waals surface area contributed by atoms with Crippen LogP contribution in [0.15, 0.2) is 54.6 Å². The molecule has 1 aliphatic heterocycles. The zero-order valence-electron chi connectivity index (χ0n) is 20.6. The third-order valence-corrected chi connectivity index (χ3v) is 7.71. The number of aryl methyl sites for hydroxylation is 1. The summed E-state index contributed by atoms with van der Waals surface area (Å²) in [7, 11) is 0. The molecule has 0 radical (unpaired) electrons. The summed E-state index contributed by atoms with van der Waals surface area (Å²) in [4.78, 5) is 30.8. The number of hydrogen-bond acceptors (Lipinski definition) is 8. The molecular formula is C27H25N5O4S2. The Morgan fingerprint density at radius 3 is 2.63 bits per heavy atom. The number of fused-ring (bicyclic) bond motifs is 1. The predicted octanol–water partition coefficient (Wildman–Crippen LogP) is 6.00. The van der Waals surface area contributed by atoms with Crippen molar-refractivity contribution in [2.24, 2.45) is 0 Å². The molecule has 4 aromatic rings. The molecule has 1 saturated heterocycles. The molecule has 0 saturated carbocycles. The maximum Gasteiger partial charge on any atom is 0.293 e. The van der Waals surface area contributed by atoms with Crippen LogP contribution in [0.25, 0.3) is 20.8 Å². The number of rotatable bonds is 5. The lowest BCUT2D eigenvalue weighted by molar-refractivity contribution is -0.384. The van der Waals surface area contributed by atoms with Crippen LogP contribution in [-0.2, 0) is 0 Å². The molecule has 9 nitrogen and oxygen atoms in total. The second-order valence-corrected chi connectivity index (χ2v) is 10.5. The molecule has 5 rings (SSSR count). The van der Waals surface area contributed by atoms with E-state index < -0.39 is 10.8 Å². The minimum atomic E-state index is -0.558. The van der Waals surface area contributed by atoms with Crippen molar-refractivity contribution in [2.45, 2.75) is 26.2 Å². The SMILES string of the molecule is Cc1cc(NC(=S)NC(=O)c2ccc(N3CCCCC3)c([N+](=O)[O-])c2)cc(-c2nc3ccccc3s2)c1O. The van der Waals surface area contributed by atoms with Crippen LogP contribution in [0.4, 0.5) is 17.1 Å². The van der Waals surface area contributed by atoms with Gasteiger partial charge in [-0.1, -0.05) is 12.1 Å². The van der Waals surface area contributed by atoms with E-state index in [1.165, 1.54) is 17.4 Å². The number of thiazole rings is 1. The van der Waals surface area contributed by atoms with Gasteiger partial charge in [0.1, 0.15) is 16.4 Å². The Kier molecular flexibility index (Phi) is 7.21. The van der Waals surface area contributed by atoms with E-state index in [0.717, 1.165) is 42.6 Å².